The Bertz CT molecular complexity index is 435. The van der Waals surface area contributed by atoms with Gasteiger partial charge in [-0.25, -0.2) is 0 Å². The lowest BCUT2D eigenvalue weighted by Gasteiger charge is -2.24. The lowest BCUT2D eigenvalue weighted by atomic mass is 9.92. The predicted molar refractivity (Wildman–Crippen MR) is 78.9 cm³/mol. The fraction of sp³-hybridized carbons (Fsp3) is 0.733. The van der Waals surface area contributed by atoms with E-state index < -0.39 is 6.04 Å². The number of nitrogens with one attached hydrogen (secondary N) is 1. The minimum Gasteiger partial charge on any atom is -0.352 e. The quantitative estimate of drug-likeness (QED) is 0.826. The van der Waals surface area contributed by atoms with Gasteiger partial charge in [-0.15, -0.1) is 0 Å². The second kappa shape index (κ2) is 6.88. The summed E-state index contributed by atoms with van der Waals surface area (Å²) in [4.78, 5) is 12.2. The van der Waals surface area contributed by atoms with Crippen LogP contribution in [0, 0.1) is 5.92 Å². The van der Waals surface area contributed by atoms with E-state index in [1.807, 2.05) is 7.05 Å². The summed E-state index contributed by atoms with van der Waals surface area (Å²) in [6.45, 7) is 2.10. The maximum Gasteiger partial charge on any atom is 0.241 e. The van der Waals surface area contributed by atoms with Crippen molar-refractivity contribution in [3.63, 3.8) is 0 Å². The summed E-state index contributed by atoms with van der Waals surface area (Å²) in [6, 6.07) is -0.430. The fourth-order valence-electron chi connectivity index (χ4n) is 3.00. The summed E-state index contributed by atoms with van der Waals surface area (Å²) < 4.78 is 1.66. The molecule has 0 spiro atoms. The van der Waals surface area contributed by atoms with E-state index in [1.54, 1.807) is 17.1 Å². The van der Waals surface area contributed by atoms with Crippen molar-refractivity contribution < 1.29 is 4.79 Å². The van der Waals surface area contributed by atoms with Crippen molar-refractivity contribution in [3.05, 3.63) is 18.0 Å². The Hall–Kier alpha value is -1.36. The molecule has 3 N–H and O–H groups in total. The molecule has 1 unspecified atom stereocenters. The number of hydrogen-bond donors (Lipinski definition) is 2. The molecule has 2 rings (SSSR count). The lowest BCUT2D eigenvalue weighted by molar-refractivity contribution is -0.123. The van der Waals surface area contributed by atoms with E-state index in [1.165, 1.54) is 38.5 Å². The van der Waals surface area contributed by atoms with Crippen molar-refractivity contribution in [2.45, 2.75) is 57.5 Å². The van der Waals surface area contributed by atoms with E-state index in [0.717, 1.165) is 5.56 Å². The van der Waals surface area contributed by atoms with Crippen molar-refractivity contribution in [3.8, 4) is 0 Å². The summed E-state index contributed by atoms with van der Waals surface area (Å²) >= 11 is 0. The molecule has 1 heterocycles. The van der Waals surface area contributed by atoms with E-state index in [0.29, 0.717) is 5.92 Å². The molecule has 1 aliphatic carbocycles. The van der Waals surface area contributed by atoms with Crippen LogP contribution in [0.25, 0.3) is 0 Å². The van der Waals surface area contributed by atoms with E-state index >= 15 is 0 Å². The van der Waals surface area contributed by atoms with Crippen LogP contribution in [0.4, 0.5) is 0 Å². The molecule has 1 fully saturated rings. The molecule has 1 aromatic heterocycles. The number of nitrogens with zero attached hydrogens (tertiary/aromatic N) is 2. The summed E-state index contributed by atoms with van der Waals surface area (Å²) in [5, 5.41) is 7.14. The minimum absolute atomic E-state index is 0.102. The predicted octanol–water partition coefficient (Wildman–Crippen LogP) is 1.89. The van der Waals surface area contributed by atoms with Gasteiger partial charge in [0.1, 0.15) is 6.04 Å². The molecule has 20 heavy (non-hydrogen) atoms. The van der Waals surface area contributed by atoms with E-state index in [2.05, 4.69) is 17.3 Å². The fourth-order valence-corrected chi connectivity index (χ4v) is 3.00. The Morgan fingerprint density at radius 3 is 2.60 bits per heavy atom. The lowest BCUT2D eigenvalue weighted by Crippen LogP contribution is -2.42. The maximum atomic E-state index is 12.2. The highest BCUT2D eigenvalue weighted by Crippen LogP contribution is 2.25. The molecular formula is C15H26N4O. The van der Waals surface area contributed by atoms with Gasteiger partial charge in [-0.1, -0.05) is 25.7 Å². The van der Waals surface area contributed by atoms with E-state index in [9.17, 15) is 4.79 Å². The van der Waals surface area contributed by atoms with Gasteiger partial charge in [0, 0.05) is 24.8 Å². The van der Waals surface area contributed by atoms with Crippen LogP contribution in [0.5, 0.6) is 0 Å². The number of carbonyl (C=O) groups excluding carboxylic acids is 1. The second-order valence-electron chi connectivity index (χ2n) is 5.97. The van der Waals surface area contributed by atoms with Crippen LogP contribution in [0.3, 0.4) is 0 Å². The van der Waals surface area contributed by atoms with Crippen LogP contribution in [0.1, 0.15) is 57.1 Å². The average Bonchev–Trinajstić information content (AvgIpc) is 2.69. The third-order valence-corrected chi connectivity index (χ3v) is 4.34. The number of rotatable bonds is 4. The zero-order valence-corrected chi connectivity index (χ0v) is 12.5. The van der Waals surface area contributed by atoms with Crippen LogP contribution in [0.2, 0.25) is 0 Å². The van der Waals surface area contributed by atoms with Crippen LogP contribution in [-0.2, 0) is 11.8 Å². The first-order chi connectivity index (χ1) is 9.58. The zero-order chi connectivity index (χ0) is 14.5. The molecule has 5 heteroatoms. The van der Waals surface area contributed by atoms with Crippen LogP contribution in [-0.4, -0.2) is 21.7 Å². The molecule has 1 aliphatic rings. The van der Waals surface area contributed by atoms with Crippen molar-refractivity contribution >= 4 is 5.91 Å². The number of nitrogens with two attached hydrogens (primary N) is 1. The Labute approximate surface area is 120 Å². The Morgan fingerprint density at radius 2 is 2.05 bits per heavy atom. The molecule has 0 bridgehead atoms. The standard InChI is InChI=1S/C15H26N4O/c1-11(12-7-5-3-4-6-8-12)18-15(20)14(16)13-9-17-19(2)10-13/h9-12,14H,3-8,16H2,1-2H3,(H,18,20)/t11-,14?/m0/s1. The molecule has 1 saturated carbocycles. The molecule has 2 atom stereocenters. The van der Waals surface area contributed by atoms with Gasteiger partial charge in [-0.2, -0.15) is 5.10 Å². The van der Waals surface area contributed by atoms with Crippen molar-refractivity contribution in [1.29, 1.82) is 0 Å². The van der Waals surface area contributed by atoms with Crippen LogP contribution < -0.4 is 11.1 Å². The average molecular weight is 278 g/mol. The van der Waals surface area contributed by atoms with Gasteiger partial charge in [0.25, 0.3) is 0 Å². The topological polar surface area (TPSA) is 72.9 Å². The Kier molecular flexibility index (Phi) is 5.17. The summed E-state index contributed by atoms with van der Waals surface area (Å²) in [7, 11) is 1.82. The molecule has 1 aromatic rings. The molecular weight excluding hydrogens is 252 g/mol. The molecule has 5 nitrogen and oxygen atoms in total. The van der Waals surface area contributed by atoms with E-state index in [-0.39, 0.29) is 11.9 Å². The van der Waals surface area contributed by atoms with Crippen molar-refractivity contribution in [2.24, 2.45) is 18.7 Å². The first kappa shape index (κ1) is 15.0. The largest absolute Gasteiger partial charge is 0.352 e. The smallest absolute Gasteiger partial charge is 0.241 e. The Morgan fingerprint density at radius 1 is 1.40 bits per heavy atom. The van der Waals surface area contributed by atoms with E-state index in [4.69, 9.17) is 5.73 Å². The number of amides is 1. The summed E-state index contributed by atoms with van der Waals surface area (Å²) in [5.74, 6) is 0.484. The number of hydrogen-bond acceptors (Lipinski definition) is 3. The molecule has 1 amide bonds. The number of aromatic nitrogens is 2. The highest BCUT2D eigenvalue weighted by atomic mass is 16.2. The van der Waals surface area contributed by atoms with Gasteiger partial charge >= 0.3 is 0 Å². The molecule has 0 aliphatic heterocycles. The van der Waals surface area contributed by atoms with Gasteiger partial charge < -0.3 is 11.1 Å². The zero-order valence-electron chi connectivity index (χ0n) is 12.5. The van der Waals surface area contributed by atoms with Gasteiger partial charge in [-0.05, 0) is 25.7 Å². The second-order valence-corrected chi connectivity index (χ2v) is 5.97. The highest BCUT2D eigenvalue weighted by molar-refractivity contribution is 5.83. The molecule has 0 radical (unpaired) electrons. The van der Waals surface area contributed by atoms with Gasteiger partial charge in [-0.3, -0.25) is 9.48 Å². The monoisotopic (exact) mass is 278 g/mol. The molecule has 0 saturated heterocycles. The van der Waals surface area contributed by atoms with Crippen LogP contribution in [0.15, 0.2) is 12.4 Å². The first-order valence-electron chi connectivity index (χ1n) is 7.62. The van der Waals surface area contributed by atoms with Crippen molar-refractivity contribution in [2.75, 3.05) is 0 Å². The van der Waals surface area contributed by atoms with Gasteiger partial charge in [0.2, 0.25) is 5.91 Å². The molecule has 112 valence electrons. The maximum absolute atomic E-state index is 12.2. The highest BCUT2D eigenvalue weighted by Gasteiger charge is 2.24. The summed E-state index contributed by atoms with van der Waals surface area (Å²) in [5.41, 5.74) is 6.76. The van der Waals surface area contributed by atoms with Crippen LogP contribution >= 0.6 is 0 Å². The third kappa shape index (κ3) is 3.82. The first-order valence-corrected chi connectivity index (χ1v) is 7.62. The number of aryl methyl sites for hydroxylation is 1. The minimum atomic E-state index is -0.628. The SMILES string of the molecule is C[C@H](NC(=O)C(N)c1cnn(C)c1)C1CCCCCC1. The van der Waals surface area contributed by atoms with Gasteiger partial charge in [0.15, 0.2) is 0 Å². The van der Waals surface area contributed by atoms with Crippen molar-refractivity contribution in [1.82, 2.24) is 15.1 Å². The third-order valence-electron chi connectivity index (χ3n) is 4.34. The molecule has 0 aromatic carbocycles. The number of carbonyl (C=O) groups is 1. The van der Waals surface area contributed by atoms with Gasteiger partial charge in [0.05, 0.1) is 6.20 Å². The Balaban J connectivity index is 1.89. The summed E-state index contributed by atoms with van der Waals surface area (Å²) in [6.07, 6.45) is 11.1. The normalized spacial score (nSPS) is 20.1.